The Morgan fingerprint density at radius 1 is 1.19 bits per heavy atom. The molecule has 7 nitrogen and oxygen atoms in total. The lowest BCUT2D eigenvalue weighted by molar-refractivity contribution is -0.130. The van der Waals surface area contributed by atoms with Gasteiger partial charge in [0.05, 0.1) is 14.2 Å². The molecule has 1 aromatic rings. The second kappa shape index (κ2) is 7.76. The molecule has 0 radical (unpaired) electrons. The van der Waals surface area contributed by atoms with Gasteiger partial charge in [-0.05, 0) is 57.9 Å². The van der Waals surface area contributed by atoms with E-state index in [4.69, 9.17) is 9.47 Å². The molecule has 0 unspecified atom stereocenters. The van der Waals surface area contributed by atoms with Crippen LogP contribution in [-0.2, 0) is 4.79 Å². The Labute approximate surface area is 160 Å². The van der Waals surface area contributed by atoms with Crippen molar-refractivity contribution in [2.75, 3.05) is 33.9 Å². The smallest absolute Gasteiger partial charge is 0.325 e. The molecule has 0 spiro atoms. The molecule has 3 rings (SSSR count). The number of methoxy groups -OCH3 is 2. The van der Waals surface area contributed by atoms with Gasteiger partial charge in [-0.3, -0.25) is 14.6 Å². The highest BCUT2D eigenvalue weighted by atomic mass is 16.5. The number of ether oxygens (including phenoxy) is 2. The second-order valence-corrected chi connectivity index (χ2v) is 7.67. The van der Waals surface area contributed by atoms with Gasteiger partial charge in [-0.25, -0.2) is 4.79 Å². The minimum atomic E-state index is -0.804. The van der Waals surface area contributed by atoms with Crippen LogP contribution in [0.4, 0.5) is 4.79 Å². The molecule has 2 saturated heterocycles. The molecule has 1 N–H and O–H groups in total. The third-order valence-electron chi connectivity index (χ3n) is 5.43. The van der Waals surface area contributed by atoms with Crippen molar-refractivity contribution < 1.29 is 19.1 Å². The van der Waals surface area contributed by atoms with Gasteiger partial charge >= 0.3 is 6.03 Å². The van der Waals surface area contributed by atoms with Gasteiger partial charge in [0.15, 0.2) is 0 Å². The van der Waals surface area contributed by atoms with Gasteiger partial charge in [-0.1, -0.05) is 0 Å². The number of urea groups is 1. The van der Waals surface area contributed by atoms with E-state index in [1.807, 2.05) is 18.2 Å². The Kier molecular flexibility index (Phi) is 5.60. The van der Waals surface area contributed by atoms with Crippen LogP contribution < -0.4 is 14.8 Å². The molecule has 2 aliphatic heterocycles. The summed E-state index contributed by atoms with van der Waals surface area (Å²) in [5.74, 6) is 1.53. The number of rotatable bonds is 7. The summed E-state index contributed by atoms with van der Waals surface area (Å²) in [6, 6.07) is 5.86. The first-order valence-electron chi connectivity index (χ1n) is 9.47. The normalized spacial score (nSPS) is 22.2. The Bertz CT molecular complexity index is 719. The van der Waals surface area contributed by atoms with E-state index >= 15 is 0 Å². The quantitative estimate of drug-likeness (QED) is 0.742. The summed E-state index contributed by atoms with van der Waals surface area (Å²) < 4.78 is 10.9. The van der Waals surface area contributed by atoms with Crippen molar-refractivity contribution in [1.82, 2.24) is 15.1 Å². The molecule has 0 aliphatic carbocycles. The summed E-state index contributed by atoms with van der Waals surface area (Å²) in [5, 5.41) is 2.73. The molecule has 27 heavy (non-hydrogen) atoms. The van der Waals surface area contributed by atoms with Crippen molar-refractivity contribution in [3.05, 3.63) is 23.8 Å². The number of imide groups is 1. The number of hydrogen-bond donors (Lipinski definition) is 1. The van der Waals surface area contributed by atoms with Crippen LogP contribution in [0.2, 0.25) is 0 Å². The SMILES string of the molecule is COc1ccc(OC)c([C@H]2CCCN2CCCN2C(=O)NC(C)(C)C2=O)c1. The maximum atomic E-state index is 12.3. The molecule has 1 aromatic carbocycles. The predicted octanol–water partition coefficient (Wildman–Crippen LogP) is 2.56. The molecule has 7 heteroatoms. The van der Waals surface area contributed by atoms with Crippen molar-refractivity contribution in [3.63, 3.8) is 0 Å². The Hall–Kier alpha value is -2.28. The summed E-state index contributed by atoms with van der Waals surface area (Å²) in [4.78, 5) is 28.1. The van der Waals surface area contributed by atoms with Gasteiger partial charge in [0, 0.05) is 24.7 Å². The summed E-state index contributed by atoms with van der Waals surface area (Å²) >= 11 is 0. The van der Waals surface area contributed by atoms with Gasteiger partial charge in [-0.15, -0.1) is 0 Å². The van der Waals surface area contributed by atoms with E-state index in [0.29, 0.717) is 6.54 Å². The van der Waals surface area contributed by atoms with E-state index in [1.54, 1.807) is 28.1 Å². The van der Waals surface area contributed by atoms with E-state index < -0.39 is 5.54 Å². The van der Waals surface area contributed by atoms with Gasteiger partial charge in [0.1, 0.15) is 17.0 Å². The second-order valence-electron chi connectivity index (χ2n) is 7.67. The average molecular weight is 375 g/mol. The zero-order chi connectivity index (χ0) is 19.6. The molecule has 0 saturated carbocycles. The number of nitrogens with zero attached hydrogens (tertiary/aromatic N) is 2. The Morgan fingerprint density at radius 3 is 2.59 bits per heavy atom. The van der Waals surface area contributed by atoms with Crippen LogP contribution in [0.25, 0.3) is 0 Å². The number of likely N-dealkylation sites (tertiary alicyclic amines) is 1. The number of nitrogens with one attached hydrogen (secondary N) is 1. The summed E-state index contributed by atoms with van der Waals surface area (Å²) in [7, 11) is 3.35. The molecule has 3 amide bonds. The van der Waals surface area contributed by atoms with Crippen LogP contribution in [0.1, 0.15) is 44.7 Å². The lowest BCUT2D eigenvalue weighted by Crippen LogP contribution is -2.40. The minimum Gasteiger partial charge on any atom is -0.497 e. The number of hydrogen-bond acceptors (Lipinski definition) is 5. The third kappa shape index (κ3) is 3.88. The van der Waals surface area contributed by atoms with Crippen molar-refractivity contribution in [2.45, 2.75) is 44.7 Å². The zero-order valence-electron chi connectivity index (χ0n) is 16.6. The molecule has 1 atom stereocenters. The van der Waals surface area contributed by atoms with E-state index in [2.05, 4.69) is 10.2 Å². The highest BCUT2D eigenvalue weighted by Gasteiger charge is 2.43. The monoisotopic (exact) mass is 375 g/mol. The fourth-order valence-electron chi connectivity index (χ4n) is 4.00. The van der Waals surface area contributed by atoms with E-state index in [0.717, 1.165) is 49.4 Å². The van der Waals surface area contributed by atoms with Crippen LogP contribution in [0.15, 0.2) is 18.2 Å². The molecule has 2 heterocycles. The summed E-state index contributed by atoms with van der Waals surface area (Å²) in [5.41, 5.74) is 0.326. The lowest BCUT2D eigenvalue weighted by Gasteiger charge is -2.27. The van der Waals surface area contributed by atoms with Crippen molar-refractivity contribution >= 4 is 11.9 Å². The van der Waals surface area contributed by atoms with Gasteiger partial charge in [0.2, 0.25) is 0 Å². The first kappa shape index (κ1) is 19.5. The fraction of sp³-hybridized carbons (Fsp3) is 0.600. The van der Waals surface area contributed by atoms with Gasteiger partial charge < -0.3 is 14.8 Å². The predicted molar refractivity (Wildman–Crippen MR) is 102 cm³/mol. The fourth-order valence-corrected chi connectivity index (χ4v) is 4.00. The van der Waals surface area contributed by atoms with Gasteiger partial charge in [-0.2, -0.15) is 0 Å². The summed E-state index contributed by atoms with van der Waals surface area (Å²) in [6.07, 6.45) is 2.92. The molecular weight excluding hydrogens is 346 g/mol. The van der Waals surface area contributed by atoms with E-state index in [-0.39, 0.29) is 18.0 Å². The number of amides is 3. The number of carbonyl (C=O) groups is 2. The maximum absolute atomic E-state index is 12.3. The largest absolute Gasteiger partial charge is 0.497 e. The average Bonchev–Trinajstić information content (AvgIpc) is 3.18. The Morgan fingerprint density at radius 2 is 1.96 bits per heavy atom. The molecule has 2 fully saturated rings. The van der Waals surface area contributed by atoms with Gasteiger partial charge in [0.25, 0.3) is 5.91 Å². The molecule has 0 bridgehead atoms. The third-order valence-corrected chi connectivity index (χ3v) is 5.43. The number of carbonyl (C=O) groups excluding carboxylic acids is 2. The Balaban J connectivity index is 1.64. The standard InChI is InChI=1S/C20H29N3O4/c1-20(2)18(24)23(19(25)21-20)12-6-11-22-10-5-7-16(22)15-13-14(26-3)8-9-17(15)27-4/h8-9,13,16H,5-7,10-12H2,1-4H3,(H,21,25)/t16-/m1/s1. The van der Waals surface area contributed by atoms with Crippen molar-refractivity contribution in [2.24, 2.45) is 0 Å². The van der Waals surface area contributed by atoms with Crippen LogP contribution in [-0.4, -0.2) is 61.1 Å². The molecule has 0 aromatic heterocycles. The van der Waals surface area contributed by atoms with Crippen LogP contribution in [0, 0.1) is 0 Å². The highest BCUT2D eigenvalue weighted by molar-refractivity contribution is 6.06. The lowest BCUT2D eigenvalue weighted by atomic mass is 10.0. The maximum Gasteiger partial charge on any atom is 0.325 e. The van der Waals surface area contributed by atoms with Crippen LogP contribution in [0.5, 0.6) is 11.5 Å². The van der Waals surface area contributed by atoms with Crippen molar-refractivity contribution in [3.8, 4) is 11.5 Å². The van der Waals surface area contributed by atoms with Crippen LogP contribution >= 0.6 is 0 Å². The van der Waals surface area contributed by atoms with Crippen molar-refractivity contribution in [1.29, 1.82) is 0 Å². The van der Waals surface area contributed by atoms with E-state index in [9.17, 15) is 9.59 Å². The highest BCUT2D eigenvalue weighted by Crippen LogP contribution is 2.38. The minimum absolute atomic E-state index is 0.153. The molecule has 148 valence electrons. The number of benzene rings is 1. The van der Waals surface area contributed by atoms with E-state index in [1.165, 1.54) is 4.90 Å². The zero-order valence-corrected chi connectivity index (χ0v) is 16.6. The first-order valence-corrected chi connectivity index (χ1v) is 9.47. The first-order chi connectivity index (χ1) is 12.9. The van der Waals surface area contributed by atoms with Crippen LogP contribution in [0.3, 0.4) is 0 Å². The molecular formula is C20H29N3O4. The summed E-state index contributed by atoms with van der Waals surface area (Å²) in [6.45, 7) is 5.73. The topological polar surface area (TPSA) is 71.1 Å². The molecule has 2 aliphatic rings.